The number of halogens is 4. The van der Waals surface area contributed by atoms with Crippen LogP contribution in [-0.2, 0) is 10.0 Å². The van der Waals surface area contributed by atoms with Crippen LogP contribution in [0, 0.1) is 11.7 Å². The van der Waals surface area contributed by atoms with Crippen LogP contribution in [0.2, 0.25) is 0 Å². The first-order valence-electron chi connectivity index (χ1n) is 7.23. The topological polar surface area (TPSA) is 72.6 Å². The molecule has 2 atom stereocenters. The first-order valence-corrected chi connectivity index (χ1v) is 8.67. The summed E-state index contributed by atoms with van der Waals surface area (Å²) in [4.78, 5) is -0.302. The lowest BCUT2D eigenvalue weighted by molar-refractivity contribution is -0.0522. The zero-order valence-corrected chi connectivity index (χ0v) is 14.6. The summed E-state index contributed by atoms with van der Waals surface area (Å²) in [5.41, 5.74) is 5.68. The summed E-state index contributed by atoms with van der Waals surface area (Å²) < 4.78 is 68.7. The van der Waals surface area contributed by atoms with Crippen LogP contribution in [0.25, 0.3) is 0 Å². The SMILES string of the molecule is CC1CCCN(S(=O)(=O)c2ccc(OC(F)F)c(F)c2)C1CN.Cl. The third kappa shape index (κ3) is 4.33. The summed E-state index contributed by atoms with van der Waals surface area (Å²) in [7, 11) is -3.95. The van der Waals surface area contributed by atoms with Crippen LogP contribution in [0.1, 0.15) is 19.8 Å². The van der Waals surface area contributed by atoms with Crippen molar-refractivity contribution in [2.75, 3.05) is 13.1 Å². The summed E-state index contributed by atoms with van der Waals surface area (Å²) >= 11 is 0. The Labute approximate surface area is 145 Å². The highest BCUT2D eigenvalue weighted by Crippen LogP contribution is 2.30. The van der Waals surface area contributed by atoms with Crippen LogP contribution in [-0.4, -0.2) is 38.5 Å². The zero-order chi connectivity index (χ0) is 17.2. The summed E-state index contributed by atoms with van der Waals surface area (Å²) in [6.07, 6.45) is 1.55. The highest BCUT2D eigenvalue weighted by Gasteiger charge is 2.36. The lowest BCUT2D eigenvalue weighted by Crippen LogP contribution is -2.51. The van der Waals surface area contributed by atoms with Gasteiger partial charge in [-0.2, -0.15) is 13.1 Å². The summed E-state index contributed by atoms with van der Waals surface area (Å²) in [6.45, 7) is -0.809. The van der Waals surface area contributed by atoms with Gasteiger partial charge in [-0.1, -0.05) is 6.92 Å². The minimum Gasteiger partial charge on any atom is -0.432 e. The van der Waals surface area contributed by atoms with Gasteiger partial charge in [-0.15, -0.1) is 12.4 Å². The number of benzene rings is 1. The van der Waals surface area contributed by atoms with Crippen molar-refractivity contribution in [3.05, 3.63) is 24.0 Å². The quantitative estimate of drug-likeness (QED) is 0.841. The Morgan fingerprint density at radius 1 is 1.42 bits per heavy atom. The standard InChI is InChI=1S/C14H19F3N2O3S.ClH/c1-9-3-2-6-19(12(9)8-18)23(20,21)10-4-5-13(11(15)7-10)22-14(16)17;/h4-5,7,9,12,14H,2-3,6,8,18H2,1H3;1H. The van der Waals surface area contributed by atoms with Gasteiger partial charge in [-0.3, -0.25) is 0 Å². The molecule has 1 saturated heterocycles. The van der Waals surface area contributed by atoms with Crippen molar-refractivity contribution in [1.82, 2.24) is 4.31 Å². The molecule has 2 N–H and O–H groups in total. The maximum absolute atomic E-state index is 13.8. The molecule has 24 heavy (non-hydrogen) atoms. The summed E-state index contributed by atoms with van der Waals surface area (Å²) in [6, 6.07) is 2.27. The number of hydrogen-bond acceptors (Lipinski definition) is 4. The molecule has 0 bridgehead atoms. The molecule has 1 aliphatic rings. The van der Waals surface area contributed by atoms with Gasteiger partial charge in [0.15, 0.2) is 11.6 Å². The van der Waals surface area contributed by atoms with Gasteiger partial charge in [0.05, 0.1) is 4.90 Å². The molecule has 0 aromatic heterocycles. The highest BCUT2D eigenvalue weighted by atomic mass is 35.5. The lowest BCUT2D eigenvalue weighted by Gasteiger charge is -2.38. The Hall–Kier alpha value is -1.03. The molecule has 1 fully saturated rings. The van der Waals surface area contributed by atoms with Crippen molar-refractivity contribution in [2.24, 2.45) is 11.7 Å². The van der Waals surface area contributed by atoms with E-state index in [1.165, 1.54) is 4.31 Å². The van der Waals surface area contributed by atoms with Crippen LogP contribution >= 0.6 is 12.4 Å². The van der Waals surface area contributed by atoms with E-state index in [1.54, 1.807) is 0 Å². The van der Waals surface area contributed by atoms with Crippen LogP contribution in [0.5, 0.6) is 5.75 Å². The van der Waals surface area contributed by atoms with Gasteiger partial charge in [0, 0.05) is 19.1 Å². The van der Waals surface area contributed by atoms with E-state index in [2.05, 4.69) is 4.74 Å². The Morgan fingerprint density at radius 2 is 2.08 bits per heavy atom. The Morgan fingerprint density at radius 3 is 2.62 bits per heavy atom. The second-order valence-corrected chi connectivity index (χ2v) is 7.40. The highest BCUT2D eigenvalue weighted by molar-refractivity contribution is 7.89. The van der Waals surface area contributed by atoms with Crippen molar-refractivity contribution in [2.45, 2.75) is 37.3 Å². The van der Waals surface area contributed by atoms with E-state index < -0.39 is 28.2 Å². The molecule has 0 aliphatic carbocycles. The molecule has 2 rings (SSSR count). The second kappa shape index (κ2) is 8.37. The van der Waals surface area contributed by atoms with Crippen molar-refractivity contribution >= 4 is 22.4 Å². The number of piperidine rings is 1. The summed E-state index contributed by atoms with van der Waals surface area (Å²) in [5.74, 6) is -1.75. The largest absolute Gasteiger partial charge is 0.432 e. The molecular weight excluding hydrogens is 369 g/mol. The number of sulfonamides is 1. The second-order valence-electron chi connectivity index (χ2n) is 5.51. The average molecular weight is 389 g/mol. The van der Waals surface area contributed by atoms with E-state index >= 15 is 0 Å². The van der Waals surface area contributed by atoms with E-state index in [1.807, 2.05) is 6.92 Å². The molecule has 1 heterocycles. The van der Waals surface area contributed by atoms with Crippen molar-refractivity contribution in [1.29, 1.82) is 0 Å². The Bertz CT molecular complexity index is 661. The van der Waals surface area contributed by atoms with E-state index in [0.29, 0.717) is 19.0 Å². The van der Waals surface area contributed by atoms with Gasteiger partial charge in [0.2, 0.25) is 10.0 Å². The van der Waals surface area contributed by atoms with Crippen LogP contribution in [0.4, 0.5) is 13.2 Å². The Kier molecular flexibility index (Phi) is 7.33. The fraction of sp³-hybridized carbons (Fsp3) is 0.571. The molecule has 1 aliphatic heterocycles. The van der Waals surface area contributed by atoms with Gasteiger partial charge in [-0.05, 0) is 37.0 Å². The van der Waals surface area contributed by atoms with Gasteiger partial charge >= 0.3 is 6.61 Å². The molecule has 0 radical (unpaired) electrons. The molecular formula is C14H20ClF3N2O3S. The zero-order valence-electron chi connectivity index (χ0n) is 13.0. The van der Waals surface area contributed by atoms with Gasteiger partial charge < -0.3 is 10.5 Å². The third-order valence-corrected chi connectivity index (χ3v) is 5.95. The lowest BCUT2D eigenvalue weighted by atomic mass is 9.93. The minimum atomic E-state index is -3.95. The third-order valence-electron chi connectivity index (χ3n) is 4.03. The van der Waals surface area contributed by atoms with Crippen molar-refractivity contribution in [3.63, 3.8) is 0 Å². The normalized spacial score (nSPS) is 22.2. The van der Waals surface area contributed by atoms with Gasteiger partial charge in [0.25, 0.3) is 0 Å². The van der Waals surface area contributed by atoms with Crippen molar-refractivity contribution < 1.29 is 26.3 Å². The monoisotopic (exact) mass is 388 g/mol. The molecule has 10 heteroatoms. The molecule has 0 saturated carbocycles. The Balaban J connectivity index is 0.00000288. The van der Waals surface area contributed by atoms with Gasteiger partial charge in [0.1, 0.15) is 0 Å². The molecule has 0 amide bonds. The molecule has 2 unspecified atom stereocenters. The average Bonchev–Trinajstić information content (AvgIpc) is 2.48. The maximum atomic E-state index is 13.8. The minimum absolute atomic E-state index is 0. The molecule has 1 aromatic carbocycles. The van der Waals surface area contributed by atoms with E-state index in [4.69, 9.17) is 5.73 Å². The van der Waals surface area contributed by atoms with Crippen LogP contribution < -0.4 is 10.5 Å². The van der Waals surface area contributed by atoms with Crippen molar-refractivity contribution in [3.8, 4) is 5.75 Å². The number of rotatable bonds is 5. The van der Waals surface area contributed by atoms with Crippen LogP contribution in [0.15, 0.2) is 23.1 Å². The van der Waals surface area contributed by atoms with E-state index in [0.717, 1.165) is 18.6 Å². The number of hydrogen-bond donors (Lipinski definition) is 1. The molecule has 0 spiro atoms. The molecule has 138 valence electrons. The van der Waals surface area contributed by atoms with Crippen LogP contribution in [0.3, 0.4) is 0 Å². The molecule has 5 nitrogen and oxygen atoms in total. The predicted octanol–water partition coefficient (Wildman–Crippen LogP) is 2.60. The summed E-state index contributed by atoms with van der Waals surface area (Å²) in [5, 5.41) is 0. The number of ether oxygens (including phenoxy) is 1. The number of alkyl halides is 2. The predicted molar refractivity (Wildman–Crippen MR) is 85.4 cm³/mol. The molecule has 1 aromatic rings. The fourth-order valence-corrected chi connectivity index (χ4v) is 4.61. The first kappa shape index (κ1) is 21.0. The first-order chi connectivity index (χ1) is 10.8. The number of nitrogens with zero attached hydrogens (tertiary/aromatic N) is 1. The maximum Gasteiger partial charge on any atom is 0.387 e. The van der Waals surface area contributed by atoms with E-state index in [9.17, 15) is 21.6 Å². The number of nitrogens with two attached hydrogens (primary N) is 1. The van der Waals surface area contributed by atoms with E-state index in [-0.39, 0.29) is 35.8 Å². The smallest absolute Gasteiger partial charge is 0.387 e. The van der Waals surface area contributed by atoms with Gasteiger partial charge in [-0.25, -0.2) is 12.8 Å². The fourth-order valence-electron chi connectivity index (χ4n) is 2.83.